The van der Waals surface area contributed by atoms with Crippen molar-refractivity contribution < 1.29 is 0 Å². The molecule has 94 valence electrons. The number of anilines is 1. The van der Waals surface area contributed by atoms with Crippen LogP contribution in [0, 0.1) is 13.8 Å². The van der Waals surface area contributed by atoms with Gasteiger partial charge in [-0.15, -0.1) is 0 Å². The fraction of sp³-hybridized carbons (Fsp3) is 0.462. The second kappa shape index (κ2) is 4.08. The predicted octanol–water partition coefficient (Wildman–Crippen LogP) is 2.07. The van der Waals surface area contributed by atoms with Crippen LogP contribution in [0.15, 0.2) is 12.3 Å². The highest BCUT2D eigenvalue weighted by Gasteiger charge is 2.22. The van der Waals surface area contributed by atoms with Crippen molar-refractivity contribution in [2.24, 2.45) is 7.05 Å². The largest absolute Gasteiger partial charge is 0.367 e. The molecular formula is C13H17N5. The van der Waals surface area contributed by atoms with Crippen molar-refractivity contribution >= 4 is 5.82 Å². The first-order valence-electron chi connectivity index (χ1n) is 6.25. The fourth-order valence-corrected chi connectivity index (χ4v) is 2.09. The molecule has 0 aromatic carbocycles. The molecule has 1 aliphatic rings. The minimum absolute atomic E-state index is 0.601. The Bertz CT molecular complexity index is 583. The van der Waals surface area contributed by atoms with E-state index in [1.54, 1.807) is 6.20 Å². The summed E-state index contributed by atoms with van der Waals surface area (Å²) in [6.07, 6.45) is 4.29. The van der Waals surface area contributed by atoms with Crippen LogP contribution in [0.3, 0.4) is 0 Å². The maximum absolute atomic E-state index is 4.58. The monoisotopic (exact) mass is 243 g/mol. The van der Waals surface area contributed by atoms with E-state index in [0.29, 0.717) is 6.04 Å². The van der Waals surface area contributed by atoms with Crippen LogP contribution < -0.4 is 5.32 Å². The van der Waals surface area contributed by atoms with Crippen LogP contribution in [0.4, 0.5) is 5.82 Å². The van der Waals surface area contributed by atoms with E-state index in [9.17, 15) is 0 Å². The molecule has 0 aliphatic heterocycles. The van der Waals surface area contributed by atoms with Crippen molar-refractivity contribution in [2.45, 2.75) is 32.7 Å². The third kappa shape index (κ3) is 1.96. The standard InChI is InChI=1S/C13H17N5/c1-8-12(9(2)18(3)17-8)13-14-7-6-11(16-13)15-10-4-5-10/h6-7,10H,4-5H2,1-3H3,(H,14,15,16). The van der Waals surface area contributed by atoms with Crippen molar-refractivity contribution in [3.05, 3.63) is 23.7 Å². The van der Waals surface area contributed by atoms with Crippen LogP contribution >= 0.6 is 0 Å². The molecule has 3 rings (SSSR count). The van der Waals surface area contributed by atoms with Gasteiger partial charge in [0.1, 0.15) is 5.82 Å². The average molecular weight is 243 g/mol. The molecule has 1 N–H and O–H groups in total. The minimum atomic E-state index is 0.601. The van der Waals surface area contributed by atoms with Crippen molar-refractivity contribution in [1.82, 2.24) is 19.7 Å². The molecule has 5 heteroatoms. The molecule has 1 fully saturated rings. The van der Waals surface area contributed by atoms with Crippen LogP contribution in [0.1, 0.15) is 24.2 Å². The SMILES string of the molecule is Cc1nn(C)c(C)c1-c1nccc(NC2CC2)n1. The zero-order valence-corrected chi connectivity index (χ0v) is 10.9. The molecule has 0 atom stereocenters. The average Bonchev–Trinajstić information content (AvgIpc) is 3.09. The maximum Gasteiger partial charge on any atom is 0.165 e. The lowest BCUT2D eigenvalue weighted by atomic mass is 10.2. The lowest BCUT2D eigenvalue weighted by molar-refractivity contribution is 0.731. The molecule has 0 bridgehead atoms. The normalized spacial score (nSPS) is 14.8. The first-order chi connectivity index (χ1) is 8.65. The van der Waals surface area contributed by atoms with E-state index in [1.165, 1.54) is 12.8 Å². The molecule has 0 radical (unpaired) electrons. The molecule has 0 amide bonds. The second-order valence-electron chi connectivity index (χ2n) is 4.85. The smallest absolute Gasteiger partial charge is 0.165 e. The number of aryl methyl sites for hydroxylation is 2. The van der Waals surface area contributed by atoms with Crippen molar-refractivity contribution in [2.75, 3.05) is 5.32 Å². The van der Waals surface area contributed by atoms with Gasteiger partial charge in [-0.2, -0.15) is 5.10 Å². The number of hydrogen-bond acceptors (Lipinski definition) is 4. The lowest BCUT2D eigenvalue weighted by Gasteiger charge is -2.05. The van der Waals surface area contributed by atoms with Gasteiger partial charge >= 0.3 is 0 Å². The Morgan fingerprint density at radius 2 is 2.11 bits per heavy atom. The van der Waals surface area contributed by atoms with Crippen molar-refractivity contribution in [1.29, 1.82) is 0 Å². The lowest BCUT2D eigenvalue weighted by Crippen LogP contribution is -2.04. The summed E-state index contributed by atoms with van der Waals surface area (Å²) in [4.78, 5) is 8.95. The van der Waals surface area contributed by atoms with Gasteiger partial charge in [-0.05, 0) is 32.8 Å². The summed E-state index contributed by atoms with van der Waals surface area (Å²) in [5.74, 6) is 1.66. The number of hydrogen-bond donors (Lipinski definition) is 1. The Kier molecular flexibility index (Phi) is 2.54. The Labute approximate surface area is 106 Å². The number of aromatic nitrogens is 4. The van der Waals surface area contributed by atoms with E-state index in [-0.39, 0.29) is 0 Å². The highest BCUT2D eigenvalue weighted by Crippen LogP contribution is 2.26. The zero-order valence-electron chi connectivity index (χ0n) is 10.9. The first-order valence-corrected chi connectivity index (χ1v) is 6.25. The number of nitrogens with one attached hydrogen (secondary N) is 1. The molecule has 2 heterocycles. The topological polar surface area (TPSA) is 55.6 Å². The van der Waals surface area contributed by atoms with E-state index in [0.717, 1.165) is 28.6 Å². The van der Waals surface area contributed by atoms with Gasteiger partial charge in [-0.3, -0.25) is 4.68 Å². The van der Waals surface area contributed by atoms with Crippen LogP contribution in [0.25, 0.3) is 11.4 Å². The van der Waals surface area contributed by atoms with Gasteiger partial charge in [0, 0.05) is 25.0 Å². The molecule has 0 unspecified atom stereocenters. The van der Waals surface area contributed by atoms with E-state index >= 15 is 0 Å². The molecule has 1 saturated carbocycles. The van der Waals surface area contributed by atoms with Crippen LogP contribution in [0.5, 0.6) is 0 Å². The van der Waals surface area contributed by atoms with Gasteiger partial charge in [0.25, 0.3) is 0 Å². The molecule has 0 spiro atoms. The Balaban J connectivity index is 1.99. The molecule has 5 nitrogen and oxygen atoms in total. The van der Waals surface area contributed by atoms with Gasteiger partial charge in [-0.1, -0.05) is 0 Å². The summed E-state index contributed by atoms with van der Waals surface area (Å²) < 4.78 is 1.87. The molecule has 2 aromatic heterocycles. The van der Waals surface area contributed by atoms with Crippen molar-refractivity contribution in [3.63, 3.8) is 0 Å². The molecule has 0 saturated heterocycles. The van der Waals surface area contributed by atoms with Crippen molar-refractivity contribution in [3.8, 4) is 11.4 Å². The van der Waals surface area contributed by atoms with Gasteiger partial charge in [0.2, 0.25) is 0 Å². The van der Waals surface area contributed by atoms with Gasteiger partial charge in [0.15, 0.2) is 5.82 Å². The van der Waals surface area contributed by atoms with E-state index < -0.39 is 0 Å². The maximum atomic E-state index is 4.58. The first kappa shape index (κ1) is 11.2. The highest BCUT2D eigenvalue weighted by molar-refractivity contribution is 5.62. The Morgan fingerprint density at radius 3 is 2.72 bits per heavy atom. The summed E-state index contributed by atoms with van der Waals surface area (Å²) in [6.45, 7) is 4.03. The quantitative estimate of drug-likeness (QED) is 0.896. The zero-order chi connectivity index (χ0) is 12.7. The van der Waals surface area contributed by atoms with Crippen LogP contribution in [-0.2, 0) is 7.05 Å². The van der Waals surface area contributed by atoms with E-state index in [1.807, 2.05) is 31.6 Å². The molecule has 18 heavy (non-hydrogen) atoms. The van der Waals surface area contributed by atoms with E-state index in [2.05, 4.69) is 20.4 Å². The minimum Gasteiger partial charge on any atom is -0.367 e. The van der Waals surface area contributed by atoms with Crippen LogP contribution in [-0.4, -0.2) is 25.8 Å². The van der Waals surface area contributed by atoms with Gasteiger partial charge in [-0.25, -0.2) is 9.97 Å². The molecular weight excluding hydrogens is 226 g/mol. The van der Waals surface area contributed by atoms with Gasteiger partial charge in [0.05, 0.1) is 11.3 Å². The summed E-state index contributed by atoms with van der Waals surface area (Å²) in [7, 11) is 1.94. The molecule has 2 aromatic rings. The molecule has 1 aliphatic carbocycles. The summed E-state index contributed by atoms with van der Waals surface area (Å²) in [5.41, 5.74) is 3.10. The summed E-state index contributed by atoms with van der Waals surface area (Å²) in [6, 6.07) is 2.52. The van der Waals surface area contributed by atoms with E-state index in [4.69, 9.17) is 0 Å². The summed E-state index contributed by atoms with van der Waals surface area (Å²) in [5, 5.41) is 7.80. The fourth-order valence-electron chi connectivity index (χ4n) is 2.09. The third-order valence-electron chi connectivity index (χ3n) is 3.32. The van der Waals surface area contributed by atoms with Crippen LogP contribution in [0.2, 0.25) is 0 Å². The Hall–Kier alpha value is -1.91. The highest BCUT2D eigenvalue weighted by atomic mass is 15.3. The third-order valence-corrected chi connectivity index (χ3v) is 3.32. The number of nitrogens with zero attached hydrogens (tertiary/aromatic N) is 4. The predicted molar refractivity (Wildman–Crippen MR) is 70.4 cm³/mol. The second-order valence-corrected chi connectivity index (χ2v) is 4.85. The number of rotatable bonds is 3. The van der Waals surface area contributed by atoms with Gasteiger partial charge < -0.3 is 5.32 Å². The Morgan fingerprint density at radius 1 is 1.33 bits per heavy atom. The summed E-state index contributed by atoms with van der Waals surface area (Å²) >= 11 is 0.